The molecular formula is C15H26N2O5. The Hall–Kier alpha value is -1.79. The van der Waals surface area contributed by atoms with Crippen molar-refractivity contribution in [2.45, 2.75) is 64.7 Å². The monoisotopic (exact) mass is 314 g/mol. The van der Waals surface area contributed by atoms with Crippen LogP contribution in [-0.2, 0) is 14.3 Å². The SMILES string of the molecule is CC(C)(C)OC(=O)NC1(C=O)CCN(C(=O)OC(C)(C)C)C1. The number of likely N-dealkylation sites (tertiary alicyclic amines) is 1. The molecule has 0 aromatic rings. The molecule has 1 N–H and O–H groups in total. The van der Waals surface area contributed by atoms with Gasteiger partial charge >= 0.3 is 12.2 Å². The smallest absolute Gasteiger partial charge is 0.410 e. The molecule has 0 saturated carbocycles. The fourth-order valence-electron chi connectivity index (χ4n) is 2.05. The average Bonchev–Trinajstić information content (AvgIpc) is 2.69. The first kappa shape index (κ1) is 18.3. The number of nitrogens with zero attached hydrogens (tertiary/aromatic N) is 1. The molecule has 1 atom stereocenters. The van der Waals surface area contributed by atoms with Gasteiger partial charge in [0.25, 0.3) is 0 Å². The molecule has 126 valence electrons. The number of alkyl carbamates (subject to hydrolysis) is 1. The minimum atomic E-state index is -1.13. The van der Waals surface area contributed by atoms with Crippen LogP contribution in [0.15, 0.2) is 0 Å². The van der Waals surface area contributed by atoms with E-state index >= 15 is 0 Å². The van der Waals surface area contributed by atoms with Crippen molar-refractivity contribution in [3.63, 3.8) is 0 Å². The predicted molar refractivity (Wildman–Crippen MR) is 80.6 cm³/mol. The van der Waals surface area contributed by atoms with E-state index in [2.05, 4.69) is 5.32 Å². The average molecular weight is 314 g/mol. The zero-order valence-corrected chi connectivity index (χ0v) is 14.2. The Bertz CT molecular complexity index is 450. The Kier molecular flexibility index (Phi) is 5.10. The largest absolute Gasteiger partial charge is 0.444 e. The van der Waals surface area contributed by atoms with Gasteiger partial charge in [-0.2, -0.15) is 0 Å². The zero-order chi connectivity index (χ0) is 17.2. The third kappa shape index (κ3) is 5.54. The van der Waals surface area contributed by atoms with Crippen LogP contribution in [0.2, 0.25) is 0 Å². The van der Waals surface area contributed by atoms with Crippen LogP contribution < -0.4 is 5.32 Å². The highest BCUT2D eigenvalue weighted by atomic mass is 16.6. The summed E-state index contributed by atoms with van der Waals surface area (Å²) in [6.45, 7) is 10.9. The van der Waals surface area contributed by atoms with E-state index in [0.717, 1.165) is 0 Å². The Morgan fingerprint density at radius 3 is 2.09 bits per heavy atom. The molecule has 1 aliphatic heterocycles. The first-order chi connectivity index (χ1) is 9.86. The fourth-order valence-corrected chi connectivity index (χ4v) is 2.05. The van der Waals surface area contributed by atoms with Crippen molar-refractivity contribution >= 4 is 18.5 Å². The number of carbonyl (C=O) groups excluding carboxylic acids is 3. The van der Waals surface area contributed by atoms with Gasteiger partial charge in [-0.15, -0.1) is 0 Å². The summed E-state index contributed by atoms with van der Waals surface area (Å²) in [5.41, 5.74) is -2.39. The molecule has 1 unspecified atom stereocenters. The van der Waals surface area contributed by atoms with Crippen LogP contribution in [-0.4, -0.2) is 53.2 Å². The highest BCUT2D eigenvalue weighted by molar-refractivity contribution is 5.79. The van der Waals surface area contributed by atoms with Crippen LogP contribution in [0.1, 0.15) is 48.0 Å². The molecule has 1 rings (SSSR count). The fraction of sp³-hybridized carbons (Fsp3) is 0.800. The summed E-state index contributed by atoms with van der Waals surface area (Å²) in [5.74, 6) is 0. The molecule has 1 aliphatic rings. The maximum absolute atomic E-state index is 12.0. The van der Waals surface area contributed by atoms with Gasteiger partial charge in [-0.05, 0) is 48.0 Å². The van der Waals surface area contributed by atoms with Crippen LogP contribution in [0.4, 0.5) is 9.59 Å². The summed E-state index contributed by atoms with van der Waals surface area (Å²) < 4.78 is 10.4. The first-order valence-electron chi connectivity index (χ1n) is 7.31. The normalized spacial score (nSPS) is 22.2. The van der Waals surface area contributed by atoms with E-state index in [1.807, 2.05) is 0 Å². The highest BCUT2D eigenvalue weighted by Crippen LogP contribution is 2.22. The Labute approximate surface area is 131 Å². The minimum absolute atomic E-state index is 0.0741. The van der Waals surface area contributed by atoms with E-state index in [9.17, 15) is 14.4 Å². The summed E-state index contributed by atoms with van der Waals surface area (Å²) >= 11 is 0. The van der Waals surface area contributed by atoms with Gasteiger partial charge in [-0.25, -0.2) is 9.59 Å². The lowest BCUT2D eigenvalue weighted by Crippen LogP contribution is -2.53. The van der Waals surface area contributed by atoms with Crippen molar-refractivity contribution in [1.82, 2.24) is 10.2 Å². The van der Waals surface area contributed by atoms with E-state index in [1.165, 1.54) is 4.90 Å². The van der Waals surface area contributed by atoms with Crippen molar-refractivity contribution in [2.24, 2.45) is 0 Å². The van der Waals surface area contributed by atoms with Gasteiger partial charge in [0.05, 0.1) is 6.54 Å². The van der Waals surface area contributed by atoms with E-state index in [1.54, 1.807) is 41.5 Å². The lowest BCUT2D eigenvalue weighted by atomic mass is 10.0. The van der Waals surface area contributed by atoms with Gasteiger partial charge in [0.2, 0.25) is 0 Å². The van der Waals surface area contributed by atoms with Gasteiger partial charge in [0, 0.05) is 6.54 Å². The standard InChI is InChI=1S/C15H26N2O5/c1-13(2,3)21-11(19)16-15(10-18)7-8-17(9-15)12(20)22-14(4,5)6/h10H,7-9H2,1-6H3,(H,16,19). The summed E-state index contributed by atoms with van der Waals surface area (Å²) in [6.07, 6.45) is -0.191. The van der Waals surface area contributed by atoms with Crippen molar-refractivity contribution in [3.8, 4) is 0 Å². The Balaban J connectivity index is 2.68. The second-order valence-electron chi connectivity index (χ2n) is 7.55. The Morgan fingerprint density at radius 2 is 1.64 bits per heavy atom. The number of hydrogen-bond acceptors (Lipinski definition) is 5. The van der Waals surface area contributed by atoms with E-state index < -0.39 is 28.9 Å². The molecule has 1 heterocycles. The van der Waals surface area contributed by atoms with Crippen LogP contribution >= 0.6 is 0 Å². The lowest BCUT2D eigenvalue weighted by molar-refractivity contribution is -0.113. The van der Waals surface area contributed by atoms with Crippen LogP contribution in [0.3, 0.4) is 0 Å². The second kappa shape index (κ2) is 6.14. The first-order valence-corrected chi connectivity index (χ1v) is 7.31. The summed E-state index contributed by atoms with van der Waals surface area (Å²) in [7, 11) is 0. The number of rotatable bonds is 2. The lowest BCUT2D eigenvalue weighted by Gasteiger charge is -2.28. The summed E-state index contributed by atoms with van der Waals surface area (Å²) in [5, 5.41) is 2.57. The summed E-state index contributed by atoms with van der Waals surface area (Å²) in [6, 6.07) is 0. The number of hydrogen-bond donors (Lipinski definition) is 1. The van der Waals surface area contributed by atoms with Crippen molar-refractivity contribution < 1.29 is 23.9 Å². The van der Waals surface area contributed by atoms with E-state index in [-0.39, 0.29) is 6.54 Å². The molecule has 2 amide bonds. The molecule has 0 aliphatic carbocycles. The van der Waals surface area contributed by atoms with E-state index in [4.69, 9.17) is 9.47 Å². The molecule has 0 radical (unpaired) electrons. The number of nitrogens with one attached hydrogen (secondary N) is 1. The maximum atomic E-state index is 12.0. The third-order valence-electron chi connectivity index (χ3n) is 2.93. The quantitative estimate of drug-likeness (QED) is 0.789. The van der Waals surface area contributed by atoms with Gasteiger partial charge in [0.1, 0.15) is 23.0 Å². The van der Waals surface area contributed by atoms with Gasteiger partial charge < -0.3 is 24.5 Å². The molecule has 1 fully saturated rings. The molecule has 0 aromatic carbocycles. The molecule has 0 spiro atoms. The minimum Gasteiger partial charge on any atom is -0.444 e. The second-order valence-corrected chi connectivity index (χ2v) is 7.55. The highest BCUT2D eigenvalue weighted by Gasteiger charge is 2.43. The van der Waals surface area contributed by atoms with E-state index in [0.29, 0.717) is 19.3 Å². The molecule has 0 bridgehead atoms. The van der Waals surface area contributed by atoms with Crippen LogP contribution in [0.5, 0.6) is 0 Å². The van der Waals surface area contributed by atoms with Crippen LogP contribution in [0, 0.1) is 0 Å². The number of amides is 2. The molecule has 0 aromatic heterocycles. The van der Waals surface area contributed by atoms with Gasteiger partial charge in [-0.3, -0.25) is 0 Å². The maximum Gasteiger partial charge on any atom is 0.410 e. The van der Waals surface area contributed by atoms with Crippen molar-refractivity contribution in [3.05, 3.63) is 0 Å². The number of carbonyl (C=O) groups is 3. The molecule has 7 nitrogen and oxygen atoms in total. The topological polar surface area (TPSA) is 84.9 Å². The summed E-state index contributed by atoms with van der Waals surface area (Å²) in [4.78, 5) is 36.7. The molecule has 22 heavy (non-hydrogen) atoms. The Morgan fingerprint density at radius 1 is 1.09 bits per heavy atom. The number of aldehydes is 1. The number of ether oxygens (including phenoxy) is 2. The molecular weight excluding hydrogens is 288 g/mol. The van der Waals surface area contributed by atoms with Gasteiger partial charge in [0.15, 0.2) is 0 Å². The van der Waals surface area contributed by atoms with Crippen molar-refractivity contribution in [2.75, 3.05) is 13.1 Å². The third-order valence-corrected chi connectivity index (χ3v) is 2.93. The van der Waals surface area contributed by atoms with Gasteiger partial charge in [-0.1, -0.05) is 0 Å². The van der Waals surface area contributed by atoms with Crippen LogP contribution in [0.25, 0.3) is 0 Å². The molecule has 1 saturated heterocycles. The molecule has 7 heteroatoms. The predicted octanol–water partition coefficient (Wildman–Crippen LogP) is 2.09. The van der Waals surface area contributed by atoms with Crippen molar-refractivity contribution in [1.29, 1.82) is 0 Å². The zero-order valence-electron chi connectivity index (χ0n) is 14.2.